The van der Waals surface area contributed by atoms with Crippen molar-refractivity contribution >= 4 is 25.0 Å². The Bertz CT molecular complexity index is 752. The predicted octanol–water partition coefficient (Wildman–Crippen LogP) is 4.42. The largest absolute Gasteiger partial charge is 0.408 e. The van der Waals surface area contributed by atoms with Crippen LogP contribution in [0.5, 0.6) is 0 Å². The average Bonchev–Trinajstić information content (AvgIpc) is 3.02. The summed E-state index contributed by atoms with van der Waals surface area (Å²) in [5.74, 6) is 0.134. The van der Waals surface area contributed by atoms with Crippen molar-refractivity contribution in [3.63, 3.8) is 0 Å². The maximum Gasteiger partial charge on any atom is 0.226 e. The summed E-state index contributed by atoms with van der Waals surface area (Å²) >= 11 is 0. The first kappa shape index (κ1) is 19.5. The van der Waals surface area contributed by atoms with Gasteiger partial charge < -0.3 is 9.33 Å². The van der Waals surface area contributed by atoms with Gasteiger partial charge in [-0.3, -0.25) is 4.79 Å². The molecule has 1 aromatic rings. The second-order valence-electron chi connectivity index (χ2n) is 8.59. The van der Waals surface area contributed by atoms with Crippen molar-refractivity contribution in [1.82, 2.24) is 4.90 Å². The summed E-state index contributed by atoms with van der Waals surface area (Å²) in [7, 11) is -3.23. The fraction of sp³-hybridized carbons (Fsp3) is 0.550. The summed E-state index contributed by atoms with van der Waals surface area (Å²) in [6.45, 7) is 11.7. The van der Waals surface area contributed by atoms with Crippen LogP contribution in [0.15, 0.2) is 45.8 Å². The maximum atomic E-state index is 13.2. The van der Waals surface area contributed by atoms with Gasteiger partial charge in [0.2, 0.25) is 5.91 Å². The van der Waals surface area contributed by atoms with E-state index in [1.165, 1.54) is 0 Å². The van der Waals surface area contributed by atoms with Crippen molar-refractivity contribution in [2.75, 3.05) is 6.54 Å². The zero-order chi connectivity index (χ0) is 19.1. The van der Waals surface area contributed by atoms with Crippen molar-refractivity contribution in [3.8, 4) is 0 Å². The van der Waals surface area contributed by atoms with Crippen molar-refractivity contribution in [2.24, 2.45) is 0 Å². The molecule has 0 N–H and O–H groups in total. The zero-order valence-electron chi connectivity index (χ0n) is 16.4. The van der Waals surface area contributed by atoms with Gasteiger partial charge in [-0.1, -0.05) is 39.0 Å². The molecule has 2 aliphatic rings. The SMILES string of the molecule is CC(C)(C)[Si](C)(C)O[C@H]1CCC(=O)N2CCC(S(=O)c3ccccc3)=C12. The van der Waals surface area contributed by atoms with Crippen LogP contribution >= 0.6 is 0 Å². The molecule has 0 aliphatic carbocycles. The highest BCUT2D eigenvalue weighted by atomic mass is 32.2. The highest BCUT2D eigenvalue weighted by Crippen LogP contribution is 2.42. The van der Waals surface area contributed by atoms with Crippen LogP contribution in [0, 0.1) is 0 Å². The first-order chi connectivity index (χ1) is 12.1. The van der Waals surface area contributed by atoms with Crippen LogP contribution in [-0.4, -0.2) is 36.0 Å². The molecule has 0 aromatic heterocycles. The van der Waals surface area contributed by atoms with E-state index in [0.29, 0.717) is 25.8 Å². The number of piperidine rings is 1. The lowest BCUT2D eigenvalue weighted by Crippen LogP contribution is -2.48. The summed E-state index contributed by atoms with van der Waals surface area (Å²) in [5, 5.41) is 0.0944. The first-order valence-electron chi connectivity index (χ1n) is 9.30. The summed E-state index contributed by atoms with van der Waals surface area (Å²) < 4.78 is 19.9. The molecule has 4 nitrogen and oxygen atoms in total. The van der Waals surface area contributed by atoms with Crippen molar-refractivity contribution in [1.29, 1.82) is 0 Å². The maximum absolute atomic E-state index is 13.2. The van der Waals surface area contributed by atoms with Crippen LogP contribution in [-0.2, 0) is 20.0 Å². The van der Waals surface area contributed by atoms with E-state index in [2.05, 4.69) is 33.9 Å². The second kappa shape index (κ2) is 7.06. The van der Waals surface area contributed by atoms with Crippen LogP contribution in [0.1, 0.15) is 40.0 Å². The minimum Gasteiger partial charge on any atom is -0.408 e. The number of rotatable bonds is 4. The molecule has 1 amide bonds. The number of hydrogen-bond acceptors (Lipinski definition) is 3. The predicted molar refractivity (Wildman–Crippen MR) is 108 cm³/mol. The number of fused-ring (bicyclic) bond motifs is 1. The first-order valence-corrected chi connectivity index (χ1v) is 13.4. The molecule has 1 unspecified atom stereocenters. The van der Waals surface area contributed by atoms with Gasteiger partial charge in [0.15, 0.2) is 8.32 Å². The Morgan fingerprint density at radius 1 is 1.15 bits per heavy atom. The Hall–Kier alpha value is -1.24. The third-order valence-corrected chi connectivity index (χ3v) is 11.8. The smallest absolute Gasteiger partial charge is 0.226 e. The molecular weight excluding hydrogens is 362 g/mol. The van der Waals surface area contributed by atoms with Crippen LogP contribution in [0.4, 0.5) is 0 Å². The van der Waals surface area contributed by atoms with Crippen LogP contribution < -0.4 is 0 Å². The van der Waals surface area contributed by atoms with E-state index in [1.807, 2.05) is 35.2 Å². The van der Waals surface area contributed by atoms with Gasteiger partial charge in [-0.05, 0) is 36.7 Å². The molecule has 3 rings (SSSR count). The van der Waals surface area contributed by atoms with Gasteiger partial charge in [-0.15, -0.1) is 0 Å². The Balaban J connectivity index is 1.98. The lowest BCUT2D eigenvalue weighted by atomic mass is 10.1. The third-order valence-electron chi connectivity index (χ3n) is 5.79. The average molecular weight is 392 g/mol. The number of benzene rings is 1. The zero-order valence-corrected chi connectivity index (χ0v) is 18.2. The van der Waals surface area contributed by atoms with Gasteiger partial charge in [-0.25, -0.2) is 4.21 Å². The lowest BCUT2D eigenvalue weighted by molar-refractivity contribution is -0.132. The van der Waals surface area contributed by atoms with Gasteiger partial charge in [0.25, 0.3) is 0 Å². The van der Waals surface area contributed by atoms with E-state index >= 15 is 0 Å². The van der Waals surface area contributed by atoms with Gasteiger partial charge in [-0.2, -0.15) is 0 Å². The van der Waals surface area contributed by atoms with Crippen LogP contribution in [0.25, 0.3) is 0 Å². The third kappa shape index (κ3) is 3.59. The Labute approximate surface area is 160 Å². The molecule has 2 aliphatic heterocycles. The molecule has 6 heteroatoms. The monoisotopic (exact) mass is 391 g/mol. The van der Waals surface area contributed by atoms with Crippen molar-refractivity contribution in [2.45, 2.75) is 69.2 Å². The minimum absolute atomic E-state index is 0.0944. The summed E-state index contributed by atoms with van der Waals surface area (Å²) in [6.07, 6.45) is 1.74. The van der Waals surface area contributed by atoms with Crippen molar-refractivity contribution < 1.29 is 13.4 Å². The fourth-order valence-corrected chi connectivity index (χ4v) is 5.96. The molecule has 2 atom stereocenters. The number of carbonyl (C=O) groups is 1. The van der Waals surface area contributed by atoms with E-state index in [-0.39, 0.29) is 17.0 Å². The van der Waals surface area contributed by atoms with E-state index < -0.39 is 19.1 Å². The lowest BCUT2D eigenvalue weighted by Gasteiger charge is -2.42. The van der Waals surface area contributed by atoms with E-state index in [1.54, 1.807) is 0 Å². The topological polar surface area (TPSA) is 46.6 Å². The molecule has 1 fully saturated rings. The fourth-order valence-electron chi connectivity index (χ4n) is 3.27. The summed E-state index contributed by atoms with van der Waals surface area (Å²) in [4.78, 5) is 15.9. The normalized spacial score (nSPS) is 22.6. The molecule has 0 spiro atoms. The standard InChI is InChI=1S/C20H29NO3SSi/c1-20(2,3)26(4,5)24-16-11-12-18(22)21-14-13-17(19(16)21)25(23)15-9-7-6-8-10-15/h6-10,16H,11-14H2,1-5H3/t16-,25?/m0/s1. The molecular formula is C20H29NO3SSi. The molecule has 142 valence electrons. The Kier molecular flexibility index (Phi) is 5.30. The molecule has 2 heterocycles. The molecule has 26 heavy (non-hydrogen) atoms. The van der Waals surface area contributed by atoms with Gasteiger partial charge in [0.1, 0.15) is 0 Å². The molecule has 0 bridgehead atoms. The van der Waals surface area contributed by atoms with Crippen molar-refractivity contribution in [3.05, 3.63) is 40.9 Å². The quantitative estimate of drug-likeness (QED) is 0.714. The van der Waals surface area contributed by atoms with Gasteiger partial charge in [0.05, 0.1) is 22.6 Å². The molecule has 1 saturated heterocycles. The van der Waals surface area contributed by atoms with Crippen LogP contribution in [0.3, 0.4) is 0 Å². The number of amides is 1. The highest BCUT2D eigenvalue weighted by Gasteiger charge is 2.45. The van der Waals surface area contributed by atoms with Gasteiger partial charge in [0, 0.05) is 29.2 Å². The number of carbonyl (C=O) groups excluding carboxylic acids is 1. The van der Waals surface area contributed by atoms with E-state index in [9.17, 15) is 9.00 Å². The second-order valence-corrected chi connectivity index (χ2v) is 14.8. The molecule has 1 aromatic carbocycles. The molecule has 0 saturated carbocycles. The highest BCUT2D eigenvalue weighted by molar-refractivity contribution is 7.89. The van der Waals surface area contributed by atoms with Gasteiger partial charge >= 0.3 is 0 Å². The Morgan fingerprint density at radius 3 is 2.42 bits per heavy atom. The van der Waals surface area contributed by atoms with E-state index in [0.717, 1.165) is 15.5 Å². The molecule has 0 radical (unpaired) electrons. The van der Waals surface area contributed by atoms with E-state index in [4.69, 9.17) is 4.43 Å². The minimum atomic E-state index is -1.99. The number of nitrogens with zero attached hydrogens (tertiary/aromatic N) is 1. The summed E-state index contributed by atoms with van der Waals surface area (Å²) in [5.41, 5.74) is 0.883. The van der Waals surface area contributed by atoms with Crippen LogP contribution in [0.2, 0.25) is 18.1 Å². The number of hydrogen-bond donors (Lipinski definition) is 0. The Morgan fingerprint density at radius 2 is 1.81 bits per heavy atom. The summed E-state index contributed by atoms with van der Waals surface area (Å²) in [6, 6.07) is 9.51.